The highest BCUT2D eigenvalue weighted by atomic mass is 19.1. The summed E-state index contributed by atoms with van der Waals surface area (Å²) in [5.74, 6) is -1.28. The summed E-state index contributed by atoms with van der Waals surface area (Å²) >= 11 is 0. The van der Waals surface area contributed by atoms with Gasteiger partial charge in [0.1, 0.15) is 22.4 Å². The number of pyridine rings is 1. The Balaban J connectivity index is 1.27. The van der Waals surface area contributed by atoms with Crippen molar-refractivity contribution in [2.24, 2.45) is 0 Å². The highest BCUT2D eigenvalue weighted by molar-refractivity contribution is 6.15. The first kappa shape index (κ1) is 32.9. The van der Waals surface area contributed by atoms with Crippen LogP contribution in [0.4, 0.5) is 14.9 Å². The molecule has 2 N–H and O–H groups in total. The summed E-state index contributed by atoms with van der Waals surface area (Å²) in [6.07, 6.45) is 1.43. The van der Waals surface area contributed by atoms with Crippen LogP contribution in [-0.2, 0) is 9.47 Å². The summed E-state index contributed by atoms with van der Waals surface area (Å²) in [5, 5.41) is 8.19. The summed E-state index contributed by atoms with van der Waals surface area (Å²) in [6.45, 7) is 9.64. The molecular weight excluding hydrogens is 657 g/mol. The molecule has 2 aromatic heterocycles. The Kier molecular flexibility index (Phi) is 8.06. The largest absolute Gasteiger partial charge is 0.451 e. The maximum Gasteiger partial charge on any atom is 0.407 e. The fourth-order valence-corrected chi connectivity index (χ4v) is 7.38. The van der Waals surface area contributed by atoms with E-state index < -0.39 is 28.8 Å². The van der Waals surface area contributed by atoms with Gasteiger partial charge in [0.05, 0.1) is 30.2 Å². The van der Waals surface area contributed by atoms with E-state index in [2.05, 4.69) is 15.5 Å². The summed E-state index contributed by atoms with van der Waals surface area (Å²) in [5.41, 5.74) is -0.312. The molecular formula is C38H38FN5O7. The number of morpholine rings is 1. The van der Waals surface area contributed by atoms with E-state index in [1.165, 1.54) is 6.20 Å². The average Bonchev–Trinajstić information content (AvgIpc) is 3.66. The van der Waals surface area contributed by atoms with Crippen LogP contribution < -0.4 is 26.4 Å². The van der Waals surface area contributed by atoms with Crippen LogP contribution in [0.1, 0.15) is 37.6 Å². The van der Waals surface area contributed by atoms with E-state index >= 15 is 4.39 Å². The Hall–Kier alpha value is -5.27. The molecule has 6 aromatic rings. The zero-order valence-corrected chi connectivity index (χ0v) is 28.6. The van der Waals surface area contributed by atoms with Gasteiger partial charge in [-0.15, -0.1) is 0 Å². The van der Waals surface area contributed by atoms with E-state index in [0.717, 1.165) is 24.5 Å². The minimum absolute atomic E-state index is 0.0164. The maximum absolute atomic E-state index is 16.4. The molecule has 0 bridgehead atoms. The normalized spacial score (nSPS) is 17.3. The number of nitrogens with zero attached hydrogens (tertiary/aromatic N) is 3. The number of amides is 2. The first-order valence-electron chi connectivity index (χ1n) is 17.2. The number of hydrogen-bond acceptors (Lipinski definition) is 9. The predicted octanol–water partition coefficient (Wildman–Crippen LogP) is 4.61. The number of alkyl carbamates (subject to hydrolysis) is 1. The molecule has 264 valence electrons. The van der Waals surface area contributed by atoms with Crippen molar-refractivity contribution in [1.82, 2.24) is 19.9 Å². The second-order valence-corrected chi connectivity index (χ2v) is 14.3. The molecule has 2 saturated heterocycles. The van der Waals surface area contributed by atoms with Gasteiger partial charge in [-0.2, -0.15) is 0 Å². The van der Waals surface area contributed by atoms with Crippen LogP contribution in [0.15, 0.2) is 62.7 Å². The third kappa shape index (κ3) is 5.89. The molecule has 2 amide bonds. The number of halogens is 1. The molecule has 0 saturated carbocycles. The van der Waals surface area contributed by atoms with Crippen LogP contribution >= 0.6 is 0 Å². The second-order valence-electron chi connectivity index (χ2n) is 14.3. The second kappa shape index (κ2) is 12.5. The van der Waals surface area contributed by atoms with Gasteiger partial charge < -0.3 is 33.8 Å². The van der Waals surface area contributed by atoms with E-state index in [9.17, 15) is 19.2 Å². The van der Waals surface area contributed by atoms with E-state index in [4.69, 9.17) is 13.9 Å². The van der Waals surface area contributed by atoms with Crippen LogP contribution in [0.3, 0.4) is 0 Å². The molecule has 2 aliphatic rings. The standard InChI is InChI=1S/C38H38FN5O7/c1-38(2,3)51-37(48)41-21-8-10-43(19-21)32-28(39)16-26-31-35(32)50-30-18-25-24(22-6-4-5-7-23(22)33(25)45)17-29(30)44(31)20-27(34(26)46)36(47)40-9-11-42-12-14-49-15-13-42/h4-7,16-18,20-21H,8-15,19H2,1-3H3,(H,40,47)(H,41,48)/t21-/m0/s1. The lowest BCUT2D eigenvalue weighted by molar-refractivity contribution is 0.0383. The number of nitrogens with one attached hydrogen (secondary N) is 2. The molecule has 4 aromatic carbocycles. The van der Waals surface area contributed by atoms with Crippen molar-refractivity contribution in [3.8, 4) is 0 Å². The molecule has 0 aliphatic carbocycles. The predicted molar refractivity (Wildman–Crippen MR) is 193 cm³/mol. The zero-order valence-electron chi connectivity index (χ0n) is 28.6. The van der Waals surface area contributed by atoms with Gasteiger partial charge >= 0.3 is 6.09 Å². The number of hydrogen-bond donors (Lipinski definition) is 2. The molecule has 12 nitrogen and oxygen atoms in total. The van der Waals surface area contributed by atoms with Gasteiger partial charge in [0.25, 0.3) is 5.91 Å². The lowest BCUT2D eigenvalue weighted by atomic mass is 10.1. The zero-order chi connectivity index (χ0) is 35.6. The van der Waals surface area contributed by atoms with Crippen molar-refractivity contribution >= 4 is 66.8 Å². The van der Waals surface area contributed by atoms with Crippen LogP contribution in [0, 0.1) is 5.82 Å². The fraction of sp³-hybridized carbons (Fsp3) is 0.368. The number of aromatic nitrogens is 1. The van der Waals surface area contributed by atoms with E-state index in [-0.39, 0.29) is 45.8 Å². The lowest BCUT2D eigenvalue weighted by Gasteiger charge is -2.26. The number of carbonyl (C=O) groups excluding carboxylic acids is 2. The van der Waals surface area contributed by atoms with Crippen molar-refractivity contribution < 1.29 is 27.9 Å². The summed E-state index contributed by atoms with van der Waals surface area (Å²) in [4.78, 5) is 57.6. The summed E-state index contributed by atoms with van der Waals surface area (Å²) in [7, 11) is 0. The van der Waals surface area contributed by atoms with Crippen molar-refractivity contribution in [3.63, 3.8) is 0 Å². The van der Waals surface area contributed by atoms with Crippen molar-refractivity contribution in [2.45, 2.75) is 38.8 Å². The molecule has 4 heterocycles. The SMILES string of the molecule is CC(C)(C)OC(=O)N[C@H]1CCN(c2c(F)cc3c(=O)c(C(=O)NCCN4CCOCC4)cn4c5cc6c(cc5oc2c34)c(=O)c2ccccc26)C1. The minimum Gasteiger partial charge on any atom is -0.451 e. The highest BCUT2D eigenvalue weighted by Gasteiger charge is 2.32. The van der Waals surface area contributed by atoms with Crippen LogP contribution in [0.2, 0.25) is 0 Å². The lowest BCUT2D eigenvalue weighted by Crippen LogP contribution is -2.42. The number of fused-ring (bicyclic) bond motifs is 5. The van der Waals surface area contributed by atoms with Crippen LogP contribution in [0.25, 0.3) is 49.1 Å². The van der Waals surface area contributed by atoms with Gasteiger partial charge in [0.15, 0.2) is 22.4 Å². The molecule has 13 heteroatoms. The van der Waals surface area contributed by atoms with E-state index in [1.807, 2.05) is 18.2 Å². The Morgan fingerprint density at radius 3 is 2.49 bits per heavy atom. The molecule has 0 radical (unpaired) electrons. The Morgan fingerprint density at radius 1 is 0.961 bits per heavy atom. The fourth-order valence-electron chi connectivity index (χ4n) is 7.38. The quantitative estimate of drug-likeness (QED) is 0.189. The molecule has 0 unspecified atom stereocenters. The van der Waals surface area contributed by atoms with E-state index in [0.29, 0.717) is 66.5 Å². The van der Waals surface area contributed by atoms with Gasteiger partial charge in [-0.3, -0.25) is 19.3 Å². The van der Waals surface area contributed by atoms with Gasteiger partial charge in [0, 0.05) is 56.2 Å². The number of anilines is 1. The Labute approximate surface area is 291 Å². The number of benzene rings is 3. The van der Waals surface area contributed by atoms with E-state index in [1.54, 1.807) is 48.3 Å². The monoisotopic (exact) mass is 695 g/mol. The first-order valence-corrected chi connectivity index (χ1v) is 17.2. The first-order chi connectivity index (χ1) is 24.5. The van der Waals surface area contributed by atoms with Gasteiger partial charge in [-0.25, -0.2) is 9.18 Å². The summed E-state index contributed by atoms with van der Waals surface area (Å²) in [6, 6.07) is 11.6. The maximum atomic E-state index is 16.4. The molecule has 0 spiro atoms. The highest BCUT2D eigenvalue weighted by Crippen LogP contribution is 2.38. The third-order valence-electron chi connectivity index (χ3n) is 9.74. The Morgan fingerprint density at radius 2 is 1.73 bits per heavy atom. The number of rotatable bonds is 6. The molecule has 2 fully saturated rings. The Bertz CT molecular complexity index is 2480. The topological polar surface area (TPSA) is 135 Å². The minimum atomic E-state index is -0.711. The molecule has 8 rings (SSSR count). The van der Waals surface area contributed by atoms with Crippen molar-refractivity contribution in [2.75, 3.05) is 57.4 Å². The van der Waals surface area contributed by atoms with Crippen LogP contribution in [-0.4, -0.2) is 85.4 Å². The molecule has 51 heavy (non-hydrogen) atoms. The van der Waals surface area contributed by atoms with Crippen molar-refractivity contribution in [1.29, 1.82) is 0 Å². The van der Waals surface area contributed by atoms with Crippen LogP contribution in [0.5, 0.6) is 0 Å². The number of carbonyl (C=O) groups is 2. The van der Waals surface area contributed by atoms with Gasteiger partial charge in [0.2, 0.25) is 5.43 Å². The third-order valence-corrected chi connectivity index (χ3v) is 9.74. The summed E-state index contributed by atoms with van der Waals surface area (Å²) < 4.78 is 35.4. The van der Waals surface area contributed by atoms with Gasteiger partial charge in [-0.1, -0.05) is 24.3 Å². The average molecular weight is 696 g/mol. The smallest absolute Gasteiger partial charge is 0.407 e. The number of ether oxygens (including phenoxy) is 2. The van der Waals surface area contributed by atoms with Crippen molar-refractivity contribution in [3.05, 3.63) is 80.5 Å². The van der Waals surface area contributed by atoms with Gasteiger partial charge in [-0.05, 0) is 56.2 Å². The molecule has 2 aliphatic heterocycles. The molecule has 1 atom stereocenters.